The maximum absolute atomic E-state index is 13.0. The van der Waals surface area contributed by atoms with Gasteiger partial charge in [0, 0.05) is 25.0 Å². The van der Waals surface area contributed by atoms with E-state index < -0.39 is 0 Å². The number of amides is 1. The third-order valence-electron chi connectivity index (χ3n) is 4.75. The van der Waals surface area contributed by atoms with E-state index in [0.29, 0.717) is 11.4 Å². The fraction of sp³-hybridized carbons (Fsp3) is 0.200. The minimum absolute atomic E-state index is 0.130. The van der Waals surface area contributed by atoms with Crippen LogP contribution in [-0.4, -0.2) is 41.7 Å². The van der Waals surface area contributed by atoms with Gasteiger partial charge in [-0.2, -0.15) is 0 Å². The topological polar surface area (TPSA) is 59.4 Å². The van der Waals surface area contributed by atoms with Gasteiger partial charge in [0.1, 0.15) is 5.84 Å². The van der Waals surface area contributed by atoms with Crippen molar-refractivity contribution in [2.75, 3.05) is 25.5 Å². The van der Waals surface area contributed by atoms with E-state index in [-0.39, 0.29) is 11.7 Å². The van der Waals surface area contributed by atoms with E-state index in [1.54, 1.807) is 23.2 Å². The van der Waals surface area contributed by atoms with Crippen LogP contribution in [0.25, 0.3) is 0 Å². The molecule has 0 fully saturated rings. The van der Waals surface area contributed by atoms with E-state index in [2.05, 4.69) is 29.4 Å². The lowest BCUT2D eigenvalue weighted by Crippen LogP contribution is -2.37. The highest BCUT2D eigenvalue weighted by atomic mass is 32.1. The molecule has 0 aliphatic rings. The molecule has 1 heterocycles. The van der Waals surface area contributed by atoms with Gasteiger partial charge in [0.2, 0.25) is 0 Å². The van der Waals surface area contributed by atoms with Crippen molar-refractivity contribution in [1.82, 2.24) is 9.80 Å². The molecule has 0 radical (unpaired) electrons. The number of thiophene rings is 1. The highest BCUT2D eigenvalue weighted by Crippen LogP contribution is 2.14. The Morgan fingerprint density at radius 2 is 1.71 bits per heavy atom. The largest absolute Gasteiger partial charge is 0.362 e. The zero-order valence-corrected chi connectivity index (χ0v) is 18.5. The number of nitrogens with one attached hydrogen (secondary N) is 2. The van der Waals surface area contributed by atoms with Gasteiger partial charge in [0.15, 0.2) is 0 Å². The minimum Gasteiger partial charge on any atom is -0.362 e. The Balaban J connectivity index is 1.58. The van der Waals surface area contributed by atoms with Crippen LogP contribution in [0.1, 0.15) is 21.7 Å². The molecule has 160 valence electrons. The first kappa shape index (κ1) is 22.5. The van der Waals surface area contributed by atoms with Crippen LogP contribution >= 0.6 is 11.3 Å². The number of benzene rings is 2. The molecule has 31 heavy (non-hydrogen) atoms. The summed E-state index contributed by atoms with van der Waals surface area (Å²) in [5.74, 6) is 0.0441. The molecule has 5 nitrogen and oxygen atoms in total. The third-order valence-corrected chi connectivity index (χ3v) is 5.61. The Labute approximate surface area is 188 Å². The maximum atomic E-state index is 13.0. The number of hydrogen-bond acceptors (Lipinski definition) is 5. The molecule has 6 heteroatoms. The first-order chi connectivity index (χ1) is 15.1. The van der Waals surface area contributed by atoms with E-state index in [0.717, 1.165) is 25.2 Å². The summed E-state index contributed by atoms with van der Waals surface area (Å²) in [6, 6.07) is 23.7. The summed E-state index contributed by atoms with van der Waals surface area (Å²) in [4.78, 5) is 17.4. The second-order valence-electron chi connectivity index (χ2n) is 7.24. The molecule has 0 spiro atoms. The molecule has 3 rings (SSSR count). The Morgan fingerprint density at radius 1 is 1.00 bits per heavy atom. The predicted octanol–water partition coefficient (Wildman–Crippen LogP) is 5.32. The van der Waals surface area contributed by atoms with E-state index in [4.69, 9.17) is 5.41 Å². The number of carbonyl (C=O) groups is 1. The van der Waals surface area contributed by atoms with Crippen LogP contribution < -0.4 is 5.32 Å². The van der Waals surface area contributed by atoms with Gasteiger partial charge in [-0.15, -0.1) is 11.3 Å². The molecule has 0 unspecified atom stereocenters. The summed E-state index contributed by atoms with van der Waals surface area (Å²) in [6.45, 7) is 2.19. The van der Waals surface area contributed by atoms with Crippen molar-refractivity contribution in [3.63, 3.8) is 0 Å². The van der Waals surface area contributed by atoms with Crippen LogP contribution in [0.4, 0.5) is 5.69 Å². The molecule has 0 atom stereocenters. The molecular weight excluding hydrogens is 404 g/mol. The zero-order valence-electron chi connectivity index (χ0n) is 17.7. The number of para-hydroxylation sites is 1. The first-order valence-corrected chi connectivity index (χ1v) is 11.2. The lowest BCUT2D eigenvalue weighted by atomic mass is 10.2. The highest BCUT2D eigenvalue weighted by molar-refractivity contribution is 7.12. The fourth-order valence-corrected chi connectivity index (χ4v) is 3.85. The van der Waals surface area contributed by atoms with Crippen molar-refractivity contribution < 1.29 is 4.79 Å². The molecule has 2 N–H and O–H groups in total. The molecule has 0 aliphatic carbocycles. The molecule has 0 bridgehead atoms. The molecule has 2 aromatic carbocycles. The summed E-state index contributed by atoms with van der Waals surface area (Å²) in [5, 5.41) is 13.5. The van der Waals surface area contributed by atoms with Crippen molar-refractivity contribution in [3.05, 3.63) is 101 Å². The highest BCUT2D eigenvalue weighted by Gasteiger charge is 2.19. The summed E-state index contributed by atoms with van der Waals surface area (Å²) in [7, 11) is 2.08. The van der Waals surface area contributed by atoms with Crippen molar-refractivity contribution in [2.24, 2.45) is 0 Å². The summed E-state index contributed by atoms with van der Waals surface area (Å²) >= 11 is 1.40. The molecule has 0 saturated carbocycles. The lowest BCUT2D eigenvalue weighted by Gasteiger charge is -2.23. The quantitative estimate of drug-likeness (QED) is 0.337. The molecule has 3 aromatic rings. The molecule has 0 aliphatic heterocycles. The van der Waals surface area contributed by atoms with Crippen LogP contribution in [0.15, 0.2) is 90.5 Å². The van der Waals surface area contributed by atoms with Gasteiger partial charge in [-0.3, -0.25) is 15.1 Å². The maximum Gasteiger partial charge on any atom is 0.269 e. The van der Waals surface area contributed by atoms with E-state index in [1.807, 2.05) is 60.0 Å². The average molecular weight is 433 g/mol. The SMILES string of the molecule is CN(CCCN(C(=N)/C=C\Nc1ccccc1)C(=O)c1cccs1)Cc1ccccc1. The Bertz CT molecular complexity index is 971. The van der Waals surface area contributed by atoms with E-state index in [1.165, 1.54) is 16.9 Å². The van der Waals surface area contributed by atoms with Gasteiger partial charge in [-0.05, 0) is 55.2 Å². The normalized spacial score (nSPS) is 11.0. The Morgan fingerprint density at radius 3 is 2.39 bits per heavy atom. The smallest absolute Gasteiger partial charge is 0.269 e. The van der Waals surface area contributed by atoms with Crippen molar-refractivity contribution in [3.8, 4) is 0 Å². The third kappa shape index (κ3) is 7.20. The fourth-order valence-electron chi connectivity index (χ4n) is 3.18. The number of amidine groups is 1. The van der Waals surface area contributed by atoms with Crippen LogP contribution in [0, 0.1) is 5.41 Å². The molecular formula is C25H28N4OS. The van der Waals surface area contributed by atoms with Gasteiger partial charge in [-0.25, -0.2) is 0 Å². The number of rotatable bonds is 10. The molecule has 1 aromatic heterocycles. The van der Waals surface area contributed by atoms with Crippen molar-refractivity contribution in [2.45, 2.75) is 13.0 Å². The van der Waals surface area contributed by atoms with Gasteiger partial charge in [-0.1, -0.05) is 54.6 Å². The van der Waals surface area contributed by atoms with E-state index >= 15 is 0 Å². The lowest BCUT2D eigenvalue weighted by molar-refractivity contribution is 0.0847. The first-order valence-electron chi connectivity index (χ1n) is 10.3. The predicted molar refractivity (Wildman–Crippen MR) is 130 cm³/mol. The van der Waals surface area contributed by atoms with Gasteiger partial charge < -0.3 is 10.2 Å². The number of nitrogens with zero attached hydrogens (tertiary/aromatic N) is 2. The number of anilines is 1. The second-order valence-corrected chi connectivity index (χ2v) is 8.19. The zero-order chi connectivity index (χ0) is 21.9. The van der Waals surface area contributed by atoms with E-state index in [9.17, 15) is 4.79 Å². The second kappa shape index (κ2) is 11.8. The van der Waals surface area contributed by atoms with Crippen LogP contribution in [-0.2, 0) is 6.54 Å². The standard InChI is InChI=1S/C25H28N4OS/c1-28(20-21-10-4-2-5-11-21)17-9-18-29(25(30)23-14-8-19-31-23)24(26)15-16-27-22-12-6-3-7-13-22/h2-8,10-16,19,26-27H,9,17-18,20H2,1H3/b16-15-,26-24?. The van der Waals surface area contributed by atoms with Crippen molar-refractivity contribution in [1.29, 1.82) is 5.41 Å². The summed E-state index contributed by atoms with van der Waals surface area (Å²) in [5.41, 5.74) is 2.20. The average Bonchev–Trinajstić information content (AvgIpc) is 3.33. The molecule has 0 saturated heterocycles. The number of hydrogen-bond donors (Lipinski definition) is 2. The van der Waals surface area contributed by atoms with Gasteiger partial charge in [0.05, 0.1) is 4.88 Å². The Kier molecular flexibility index (Phi) is 8.58. The van der Waals surface area contributed by atoms with Crippen LogP contribution in [0.3, 0.4) is 0 Å². The van der Waals surface area contributed by atoms with Gasteiger partial charge >= 0.3 is 0 Å². The number of carbonyl (C=O) groups excluding carboxylic acids is 1. The van der Waals surface area contributed by atoms with Crippen LogP contribution in [0.5, 0.6) is 0 Å². The monoisotopic (exact) mass is 432 g/mol. The van der Waals surface area contributed by atoms with Gasteiger partial charge in [0.25, 0.3) is 5.91 Å². The summed E-state index contributed by atoms with van der Waals surface area (Å²) < 4.78 is 0. The summed E-state index contributed by atoms with van der Waals surface area (Å²) in [6.07, 6.45) is 4.11. The van der Waals surface area contributed by atoms with Crippen LogP contribution in [0.2, 0.25) is 0 Å². The molecule has 1 amide bonds. The minimum atomic E-state index is -0.130. The van der Waals surface area contributed by atoms with Crippen molar-refractivity contribution >= 4 is 28.8 Å². The Hall–Kier alpha value is -3.22.